The third-order valence-corrected chi connectivity index (χ3v) is 4.51. The topological polar surface area (TPSA) is 19.0 Å². The largest absolute Gasteiger partial charge is 0.573 e. The molecule has 2 heterocycles. The van der Waals surface area contributed by atoms with E-state index in [-0.39, 0.29) is 5.75 Å². The lowest BCUT2D eigenvalue weighted by Gasteiger charge is -2.39. The van der Waals surface area contributed by atoms with Gasteiger partial charge in [0, 0.05) is 31.9 Å². The van der Waals surface area contributed by atoms with E-state index in [2.05, 4.69) is 26.7 Å². The summed E-state index contributed by atoms with van der Waals surface area (Å²) in [7, 11) is 4.06. The summed E-state index contributed by atoms with van der Waals surface area (Å²) in [4.78, 5) is 2.29. The maximum absolute atomic E-state index is 12.6. The summed E-state index contributed by atoms with van der Waals surface area (Å²) in [6.45, 7) is 2.61. The Kier molecular flexibility index (Phi) is 4.73. The van der Waals surface area contributed by atoms with Crippen molar-refractivity contribution in [2.75, 3.05) is 33.7 Å². The first-order chi connectivity index (χ1) is 11.3. The van der Waals surface area contributed by atoms with Gasteiger partial charge in [0.25, 0.3) is 0 Å². The van der Waals surface area contributed by atoms with Gasteiger partial charge in [-0.25, -0.2) is 5.01 Å². The molecule has 0 amide bonds. The van der Waals surface area contributed by atoms with E-state index in [1.165, 1.54) is 6.07 Å². The molecule has 1 aromatic rings. The maximum atomic E-state index is 12.6. The molecule has 1 atom stereocenters. The van der Waals surface area contributed by atoms with Gasteiger partial charge < -0.3 is 14.6 Å². The molecular formula is C17H22F3N3O. The summed E-state index contributed by atoms with van der Waals surface area (Å²) in [6.07, 6.45) is -0.517. The van der Waals surface area contributed by atoms with E-state index in [0.717, 1.165) is 31.5 Å². The van der Waals surface area contributed by atoms with Gasteiger partial charge in [-0.3, -0.25) is 0 Å². The number of ether oxygens (including phenoxy) is 1. The van der Waals surface area contributed by atoms with Crippen LogP contribution in [0.1, 0.15) is 18.4 Å². The molecule has 1 saturated heterocycles. The highest BCUT2D eigenvalue weighted by Gasteiger charge is 2.34. The molecule has 2 aliphatic heterocycles. The van der Waals surface area contributed by atoms with Crippen molar-refractivity contribution < 1.29 is 17.9 Å². The summed E-state index contributed by atoms with van der Waals surface area (Å²) < 4.78 is 42.1. The molecule has 0 N–H and O–H groups in total. The number of hydrazine groups is 1. The number of nitrogens with zero attached hydrogens (tertiary/aromatic N) is 3. The van der Waals surface area contributed by atoms with Gasteiger partial charge >= 0.3 is 6.36 Å². The molecule has 1 aromatic carbocycles. The smallest absolute Gasteiger partial charge is 0.405 e. The van der Waals surface area contributed by atoms with Crippen LogP contribution in [-0.4, -0.2) is 61.1 Å². The molecule has 1 fully saturated rings. The Balaban J connectivity index is 1.84. The fraction of sp³-hybridized carbons (Fsp3) is 0.529. The van der Waals surface area contributed by atoms with E-state index in [4.69, 9.17) is 0 Å². The SMILES string of the molecule is CN1CCC[C@@H](N2C=C(c3ccccc3OC(F)(F)F)CN2C)C1. The first-order valence-electron chi connectivity index (χ1n) is 8.07. The van der Waals surface area contributed by atoms with E-state index in [9.17, 15) is 13.2 Å². The van der Waals surface area contributed by atoms with Crippen LogP contribution >= 0.6 is 0 Å². The second-order valence-corrected chi connectivity index (χ2v) is 6.45. The van der Waals surface area contributed by atoms with Crippen LogP contribution < -0.4 is 4.74 Å². The van der Waals surface area contributed by atoms with Crippen molar-refractivity contribution in [3.05, 3.63) is 36.0 Å². The highest BCUT2D eigenvalue weighted by Crippen LogP contribution is 2.34. The third kappa shape index (κ3) is 3.84. The number of halogens is 3. The lowest BCUT2D eigenvalue weighted by Crippen LogP contribution is -2.48. The molecule has 0 aromatic heterocycles. The van der Waals surface area contributed by atoms with Crippen molar-refractivity contribution >= 4 is 5.57 Å². The minimum atomic E-state index is -4.69. The molecule has 0 radical (unpaired) electrons. The van der Waals surface area contributed by atoms with Gasteiger partial charge in [0.05, 0.1) is 6.04 Å². The third-order valence-electron chi connectivity index (χ3n) is 4.51. The van der Waals surface area contributed by atoms with E-state index in [1.54, 1.807) is 18.2 Å². The standard InChI is InChI=1S/C17H22F3N3O/c1-21-9-5-6-14(12-21)23-11-13(10-22(23)2)15-7-3-4-8-16(15)24-17(18,19)20/h3-4,7-8,11,14H,5-6,9-10,12H2,1-2H3/t14-/m1/s1. The van der Waals surface area contributed by atoms with Crippen LogP contribution in [0.25, 0.3) is 5.57 Å². The zero-order chi connectivity index (χ0) is 17.3. The summed E-state index contributed by atoms with van der Waals surface area (Å²) in [5, 5.41) is 4.21. The highest BCUT2D eigenvalue weighted by atomic mass is 19.4. The Labute approximate surface area is 140 Å². The van der Waals surface area contributed by atoms with Crippen molar-refractivity contribution in [1.29, 1.82) is 0 Å². The van der Waals surface area contributed by atoms with Gasteiger partial charge in [0.1, 0.15) is 5.75 Å². The molecule has 0 bridgehead atoms. The molecule has 3 rings (SSSR count). The van der Waals surface area contributed by atoms with Crippen molar-refractivity contribution in [2.24, 2.45) is 0 Å². The monoisotopic (exact) mass is 341 g/mol. The molecule has 7 heteroatoms. The fourth-order valence-electron chi connectivity index (χ4n) is 3.47. The number of hydrogen-bond donors (Lipinski definition) is 0. The summed E-state index contributed by atoms with van der Waals surface area (Å²) in [6, 6.07) is 6.67. The second kappa shape index (κ2) is 6.64. The molecule has 0 saturated carbocycles. The van der Waals surface area contributed by atoms with Gasteiger partial charge in [0.2, 0.25) is 0 Å². The Bertz CT molecular complexity index is 617. The van der Waals surface area contributed by atoms with Gasteiger partial charge in [0.15, 0.2) is 0 Å². The molecular weight excluding hydrogens is 319 g/mol. The van der Waals surface area contributed by atoms with Crippen molar-refractivity contribution in [2.45, 2.75) is 25.2 Å². The number of likely N-dealkylation sites (tertiary alicyclic amines) is 1. The van der Waals surface area contributed by atoms with Crippen LogP contribution in [0.3, 0.4) is 0 Å². The number of rotatable bonds is 3. The Hall–Kier alpha value is -1.73. The zero-order valence-electron chi connectivity index (χ0n) is 13.9. The first-order valence-corrected chi connectivity index (χ1v) is 8.07. The minimum Gasteiger partial charge on any atom is -0.405 e. The number of piperidine rings is 1. The summed E-state index contributed by atoms with van der Waals surface area (Å²) in [5.74, 6) is -0.146. The first kappa shape index (κ1) is 17.1. The Morgan fingerprint density at radius 3 is 2.62 bits per heavy atom. The van der Waals surface area contributed by atoms with E-state index in [1.807, 2.05) is 13.2 Å². The maximum Gasteiger partial charge on any atom is 0.573 e. The predicted octanol–water partition coefficient (Wildman–Crippen LogP) is 3.18. The van der Waals surface area contributed by atoms with Crippen molar-refractivity contribution in [3.63, 3.8) is 0 Å². The highest BCUT2D eigenvalue weighted by molar-refractivity contribution is 5.72. The van der Waals surface area contributed by atoms with Gasteiger partial charge in [-0.1, -0.05) is 18.2 Å². The van der Waals surface area contributed by atoms with Crippen molar-refractivity contribution in [3.8, 4) is 5.75 Å². The summed E-state index contributed by atoms with van der Waals surface area (Å²) >= 11 is 0. The normalized spacial score (nSPS) is 23.5. The molecule has 4 nitrogen and oxygen atoms in total. The molecule has 132 valence electrons. The summed E-state index contributed by atoms with van der Waals surface area (Å²) in [5.41, 5.74) is 1.33. The zero-order valence-corrected chi connectivity index (χ0v) is 13.9. The second-order valence-electron chi connectivity index (χ2n) is 6.45. The van der Waals surface area contributed by atoms with Crippen LogP contribution in [0.15, 0.2) is 30.5 Å². The Morgan fingerprint density at radius 2 is 1.92 bits per heavy atom. The van der Waals surface area contributed by atoms with Gasteiger partial charge in [-0.2, -0.15) is 0 Å². The fourth-order valence-corrected chi connectivity index (χ4v) is 3.47. The minimum absolute atomic E-state index is 0.146. The molecule has 24 heavy (non-hydrogen) atoms. The average molecular weight is 341 g/mol. The molecule has 0 spiro atoms. The van der Waals surface area contributed by atoms with Crippen LogP contribution in [0.4, 0.5) is 13.2 Å². The Morgan fingerprint density at radius 1 is 1.17 bits per heavy atom. The van der Waals surface area contributed by atoms with Crippen molar-refractivity contribution in [1.82, 2.24) is 14.9 Å². The number of benzene rings is 1. The number of hydrogen-bond acceptors (Lipinski definition) is 4. The number of likely N-dealkylation sites (N-methyl/N-ethyl adjacent to an activating group) is 2. The quantitative estimate of drug-likeness (QED) is 0.840. The van der Waals surface area contributed by atoms with Crippen LogP contribution in [-0.2, 0) is 0 Å². The average Bonchev–Trinajstić information content (AvgIpc) is 2.88. The molecule has 0 unspecified atom stereocenters. The van der Waals surface area contributed by atoms with Crippen LogP contribution in [0.2, 0.25) is 0 Å². The molecule has 0 aliphatic carbocycles. The van der Waals surface area contributed by atoms with Gasteiger partial charge in [-0.05, 0) is 38.1 Å². The number of para-hydroxylation sites is 1. The van der Waals surface area contributed by atoms with Crippen LogP contribution in [0.5, 0.6) is 5.75 Å². The lowest BCUT2D eigenvalue weighted by atomic mass is 10.1. The van der Waals surface area contributed by atoms with Crippen LogP contribution in [0, 0.1) is 0 Å². The molecule has 2 aliphatic rings. The lowest BCUT2D eigenvalue weighted by molar-refractivity contribution is -0.274. The number of alkyl halides is 3. The van der Waals surface area contributed by atoms with Gasteiger partial charge in [-0.15, -0.1) is 13.2 Å². The predicted molar refractivity (Wildman–Crippen MR) is 86.1 cm³/mol. The van der Waals surface area contributed by atoms with E-state index < -0.39 is 6.36 Å². The van der Waals surface area contributed by atoms with E-state index in [0.29, 0.717) is 18.2 Å². The van der Waals surface area contributed by atoms with E-state index >= 15 is 0 Å².